The number of guanidine groups is 1. The van der Waals surface area contributed by atoms with Gasteiger partial charge in [-0.2, -0.15) is 0 Å². The zero-order chi connectivity index (χ0) is 24.0. The molecule has 3 aromatic carbocycles. The van der Waals surface area contributed by atoms with E-state index in [-0.39, 0.29) is 11.9 Å². The molecular formula is C28H34N4OP+. The summed E-state index contributed by atoms with van der Waals surface area (Å²) < 4.78 is 0. The van der Waals surface area contributed by atoms with Crippen molar-refractivity contribution in [2.24, 2.45) is 11.1 Å². The Morgan fingerprint density at radius 2 is 1.35 bits per heavy atom. The van der Waals surface area contributed by atoms with Gasteiger partial charge >= 0.3 is 0 Å². The predicted molar refractivity (Wildman–Crippen MR) is 144 cm³/mol. The number of amides is 1. The SMILES string of the molecule is CN(CC1(C(=O)NCCC[P+](c2ccccc2)(c2ccccc2)c2ccccc2)CC1)C(=N)N. The molecule has 0 radical (unpaired) electrons. The van der Waals surface area contributed by atoms with Gasteiger partial charge in [0.15, 0.2) is 5.96 Å². The van der Waals surface area contributed by atoms with E-state index >= 15 is 0 Å². The largest absolute Gasteiger partial charge is 0.370 e. The molecule has 1 aliphatic carbocycles. The summed E-state index contributed by atoms with van der Waals surface area (Å²) in [5.74, 6) is 0.0888. The molecule has 0 aromatic heterocycles. The van der Waals surface area contributed by atoms with Crippen molar-refractivity contribution in [3.63, 3.8) is 0 Å². The number of hydrogen-bond acceptors (Lipinski definition) is 2. The van der Waals surface area contributed by atoms with Gasteiger partial charge in [0.25, 0.3) is 0 Å². The molecule has 34 heavy (non-hydrogen) atoms. The molecule has 5 nitrogen and oxygen atoms in total. The van der Waals surface area contributed by atoms with E-state index in [1.165, 1.54) is 15.9 Å². The summed E-state index contributed by atoms with van der Waals surface area (Å²) in [7, 11) is -0.106. The number of hydrogen-bond donors (Lipinski definition) is 3. The lowest BCUT2D eigenvalue weighted by molar-refractivity contribution is -0.126. The van der Waals surface area contributed by atoms with Crippen LogP contribution in [0.4, 0.5) is 0 Å². The minimum absolute atomic E-state index is 0.00208. The van der Waals surface area contributed by atoms with Gasteiger partial charge in [-0.05, 0) is 55.7 Å². The van der Waals surface area contributed by atoms with E-state index in [1.54, 1.807) is 11.9 Å². The molecule has 0 saturated heterocycles. The highest BCUT2D eigenvalue weighted by Gasteiger charge is 2.50. The first kappa shape index (κ1) is 24.0. The van der Waals surface area contributed by atoms with Crippen molar-refractivity contribution in [1.82, 2.24) is 10.2 Å². The van der Waals surface area contributed by atoms with E-state index < -0.39 is 12.7 Å². The molecule has 0 heterocycles. The Labute approximate surface area is 203 Å². The van der Waals surface area contributed by atoms with Crippen LogP contribution in [0.15, 0.2) is 91.0 Å². The van der Waals surface area contributed by atoms with Crippen LogP contribution in [0.5, 0.6) is 0 Å². The lowest BCUT2D eigenvalue weighted by Crippen LogP contribution is -2.43. The molecule has 0 unspecified atom stereocenters. The predicted octanol–water partition coefficient (Wildman–Crippen LogP) is 3.09. The van der Waals surface area contributed by atoms with E-state index in [9.17, 15) is 4.79 Å². The Hall–Kier alpha value is -3.17. The molecule has 1 fully saturated rings. The molecule has 4 rings (SSSR count). The average molecular weight is 474 g/mol. The van der Waals surface area contributed by atoms with Gasteiger partial charge in [-0.15, -0.1) is 0 Å². The summed E-state index contributed by atoms with van der Waals surface area (Å²) in [5, 5.41) is 14.9. The van der Waals surface area contributed by atoms with Gasteiger partial charge in [-0.25, -0.2) is 0 Å². The van der Waals surface area contributed by atoms with Crippen molar-refractivity contribution in [2.45, 2.75) is 19.3 Å². The minimum atomic E-state index is -1.88. The third-order valence-corrected chi connectivity index (χ3v) is 11.4. The summed E-state index contributed by atoms with van der Waals surface area (Å²) >= 11 is 0. The first-order valence-electron chi connectivity index (χ1n) is 11.9. The molecule has 176 valence electrons. The van der Waals surface area contributed by atoms with Gasteiger partial charge in [0.05, 0.1) is 11.6 Å². The zero-order valence-corrected chi connectivity index (χ0v) is 20.7. The fourth-order valence-corrected chi connectivity index (χ4v) is 9.08. The smallest absolute Gasteiger partial charge is 0.228 e. The quantitative estimate of drug-likeness (QED) is 0.183. The van der Waals surface area contributed by atoms with Gasteiger partial charge in [-0.3, -0.25) is 10.2 Å². The third kappa shape index (κ3) is 5.00. The van der Waals surface area contributed by atoms with Gasteiger partial charge in [0, 0.05) is 20.1 Å². The van der Waals surface area contributed by atoms with Gasteiger partial charge in [-0.1, -0.05) is 54.6 Å². The van der Waals surface area contributed by atoms with Crippen molar-refractivity contribution in [3.8, 4) is 0 Å². The minimum Gasteiger partial charge on any atom is -0.370 e. The van der Waals surface area contributed by atoms with Crippen LogP contribution in [-0.4, -0.2) is 43.1 Å². The molecule has 3 aromatic rings. The van der Waals surface area contributed by atoms with E-state index in [4.69, 9.17) is 11.1 Å². The first-order valence-corrected chi connectivity index (χ1v) is 13.8. The number of nitrogens with zero attached hydrogens (tertiary/aromatic N) is 1. The van der Waals surface area contributed by atoms with Crippen molar-refractivity contribution in [2.75, 3.05) is 26.3 Å². The van der Waals surface area contributed by atoms with Crippen LogP contribution in [0.1, 0.15) is 19.3 Å². The maximum atomic E-state index is 13.0. The van der Waals surface area contributed by atoms with Gasteiger partial charge < -0.3 is 16.0 Å². The lowest BCUT2D eigenvalue weighted by atomic mass is 10.1. The number of carbonyl (C=O) groups excluding carboxylic acids is 1. The zero-order valence-electron chi connectivity index (χ0n) is 19.8. The molecule has 6 heteroatoms. The van der Waals surface area contributed by atoms with Gasteiger partial charge in [0.1, 0.15) is 23.2 Å². The second-order valence-corrected chi connectivity index (χ2v) is 12.8. The average Bonchev–Trinajstić information content (AvgIpc) is 3.66. The van der Waals surface area contributed by atoms with Crippen LogP contribution in [0.2, 0.25) is 0 Å². The van der Waals surface area contributed by atoms with Crippen molar-refractivity contribution >= 4 is 35.0 Å². The standard InChI is InChI=1S/C28H33N4OP/c1-32(27(29)30)22-28(18-19-28)26(33)31-20-11-21-34(23-12-5-2-6-13-23,24-14-7-3-8-15-24)25-16-9-4-10-17-25/h2-10,12-17H,11,18-22H2,1H3,(H3-,29,30,31,33)/p+1. The van der Waals surface area contributed by atoms with Crippen LogP contribution in [0.3, 0.4) is 0 Å². The molecule has 0 aliphatic heterocycles. The Bertz CT molecular complexity index is 1000. The lowest BCUT2D eigenvalue weighted by Gasteiger charge is -2.28. The van der Waals surface area contributed by atoms with Crippen LogP contribution in [0.25, 0.3) is 0 Å². The van der Waals surface area contributed by atoms with Crippen molar-refractivity contribution in [1.29, 1.82) is 5.41 Å². The molecule has 1 amide bonds. The van der Waals surface area contributed by atoms with E-state index in [1.807, 2.05) is 0 Å². The number of benzene rings is 3. The molecular weight excluding hydrogens is 439 g/mol. The number of carbonyl (C=O) groups is 1. The summed E-state index contributed by atoms with van der Waals surface area (Å²) in [4.78, 5) is 14.6. The fraction of sp³-hybridized carbons (Fsp3) is 0.286. The number of nitrogens with one attached hydrogen (secondary N) is 2. The number of rotatable bonds is 10. The van der Waals surface area contributed by atoms with E-state index in [0.717, 1.165) is 25.4 Å². The number of nitrogens with two attached hydrogens (primary N) is 1. The maximum Gasteiger partial charge on any atom is 0.228 e. The van der Waals surface area contributed by atoms with E-state index in [2.05, 4.69) is 96.3 Å². The maximum absolute atomic E-state index is 13.0. The summed E-state index contributed by atoms with van der Waals surface area (Å²) in [6, 6.07) is 32.5. The molecule has 1 aliphatic rings. The molecule has 0 bridgehead atoms. The molecule has 4 N–H and O–H groups in total. The van der Waals surface area contributed by atoms with Crippen LogP contribution >= 0.6 is 7.26 Å². The third-order valence-electron chi connectivity index (χ3n) is 6.83. The van der Waals surface area contributed by atoms with Crippen molar-refractivity contribution in [3.05, 3.63) is 91.0 Å². The second kappa shape index (κ2) is 10.4. The Kier molecular flexibility index (Phi) is 7.33. The highest BCUT2D eigenvalue weighted by Crippen LogP contribution is 2.55. The van der Waals surface area contributed by atoms with Crippen LogP contribution < -0.4 is 27.0 Å². The highest BCUT2D eigenvalue weighted by molar-refractivity contribution is 7.95. The Balaban J connectivity index is 1.55. The Morgan fingerprint density at radius 3 is 1.74 bits per heavy atom. The topological polar surface area (TPSA) is 82.2 Å². The molecule has 1 saturated carbocycles. The Morgan fingerprint density at radius 1 is 0.912 bits per heavy atom. The van der Waals surface area contributed by atoms with Gasteiger partial charge in [0.2, 0.25) is 5.91 Å². The second-order valence-electron chi connectivity index (χ2n) is 9.17. The molecule has 0 spiro atoms. The summed E-state index contributed by atoms with van der Waals surface area (Å²) in [6.45, 7) is 1.14. The van der Waals surface area contributed by atoms with Crippen molar-refractivity contribution < 1.29 is 4.79 Å². The highest BCUT2D eigenvalue weighted by atomic mass is 31.2. The van der Waals surface area contributed by atoms with Crippen LogP contribution in [0, 0.1) is 10.8 Å². The first-order chi connectivity index (χ1) is 16.5. The summed E-state index contributed by atoms with van der Waals surface area (Å²) in [6.07, 6.45) is 3.57. The summed E-state index contributed by atoms with van der Waals surface area (Å²) in [5.41, 5.74) is 5.19. The molecule has 0 atom stereocenters. The van der Waals surface area contributed by atoms with E-state index in [0.29, 0.717) is 13.1 Å². The normalized spacial score (nSPS) is 14.3. The monoisotopic (exact) mass is 473 g/mol. The van der Waals surface area contributed by atoms with Crippen LogP contribution in [-0.2, 0) is 4.79 Å². The fourth-order valence-electron chi connectivity index (χ4n) is 4.73.